The number of hydrogen-bond acceptors (Lipinski definition) is 1. The fourth-order valence-corrected chi connectivity index (χ4v) is 4.66. The van der Waals surface area contributed by atoms with Crippen molar-refractivity contribution >= 4 is 22.6 Å². The highest BCUT2D eigenvalue weighted by atomic mass is 19.4. The van der Waals surface area contributed by atoms with Crippen LogP contribution in [0.1, 0.15) is 30.9 Å². The van der Waals surface area contributed by atoms with Crippen molar-refractivity contribution in [2.45, 2.75) is 25.9 Å². The Morgan fingerprint density at radius 3 is 1.68 bits per heavy atom. The molecule has 0 radical (unpaired) electrons. The molecule has 5 rings (SSSR count). The van der Waals surface area contributed by atoms with Gasteiger partial charge in [0.15, 0.2) is 0 Å². The Labute approximate surface area is 216 Å². The average molecular weight is 496 g/mol. The van der Waals surface area contributed by atoms with Gasteiger partial charge in [-0.25, -0.2) is 0 Å². The van der Waals surface area contributed by atoms with Gasteiger partial charge in [-0.3, -0.25) is 0 Å². The van der Waals surface area contributed by atoms with Gasteiger partial charge in [0.05, 0.1) is 5.56 Å². The third kappa shape index (κ3) is 5.54. The highest BCUT2D eigenvalue weighted by Crippen LogP contribution is 2.38. The van der Waals surface area contributed by atoms with E-state index < -0.39 is 11.7 Å². The van der Waals surface area contributed by atoms with Crippen LogP contribution in [0.3, 0.4) is 0 Å². The Kier molecular flexibility index (Phi) is 7.00. The van der Waals surface area contributed by atoms with E-state index in [9.17, 15) is 13.2 Å². The second-order valence-corrected chi connectivity index (χ2v) is 9.26. The van der Waals surface area contributed by atoms with Crippen LogP contribution in [0.4, 0.5) is 30.2 Å². The molecule has 0 heterocycles. The predicted molar refractivity (Wildman–Crippen MR) is 147 cm³/mol. The van der Waals surface area contributed by atoms with E-state index in [2.05, 4.69) is 49.4 Å². The van der Waals surface area contributed by atoms with Gasteiger partial charge in [0.1, 0.15) is 0 Å². The minimum Gasteiger partial charge on any atom is -0.311 e. The summed E-state index contributed by atoms with van der Waals surface area (Å²) in [6.45, 7) is 2.20. The largest absolute Gasteiger partial charge is 0.416 e. The van der Waals surface area contributed by atoms with Crippen molar-refractivity contribution in [3.05, 3.63) is 132 Å². The van der Waals surface area contributed by atoms with Crippen LogP contribution in [0.2, 0.25) is 0 Å². The lowest BCUT2D eigenvalue weighted by Crippen LogP contribution is -2.11. The summed E-state index contributed by atoms with van der Waals surface area (Å²) in [7, 11) is 0. The van der Waals surface area contributed by atoms with E-state index in [1.165, 1.54) is 17.7 Å². The van der Waals surface area contributed by atoms with E-state index >= 15 is 0 Å². The van der Waals surface area contributed by atoms with E-state index in [1.54, 1.807) is 0 Å². The van der Waals surface area contributed by atoms with Crippen molar-refractivity contribution < 1.29 is 13.2 Å². The molecule has 1 unspecified atom stereocenters. The molecule has 37 heavy (non-hydrogen) atoms. The molecule has 0 amide bonds. The zero-order valence-electron chi connectivity index (χ0n) is 20.6. The maximum absolute atomic E-state index is 13.2. The maximum atomic E-state index is 13.2. The smallest absolute Gasteiger partial charge is 0.311 e. The summed E-state index contributed by atoms with van der Waals surface area (Å²) in [5.74, 6) is 0.594. The monoisotopic (exact) mass is 495 g/mol. The van der Waals surface area contributed by atoms with E-state index in [0.717, 1.165) is 53.0 Å². The summed E-state index contributed by atoms with van der Waals surface area (Å²) in [6.07, 6.45) is 4.52. The van der Waals surface area contributed by atoms with Crippen LogP contribution in [-0.4, -0.2) is 0 Å². The van der Waals surface area contributed by atoms with Crippen LogP contribution < -0.4 is 4.90 Å². The first-order valence-electron chi connectivity index (χ1n) is 12.5. The Morgan fingerprint density at radius 2 is 1.19 bits per heavy atom. The summed E-state index contributed by atoms with van der Waals surface area (Å²) in [6, 6.07) is 31.7. The van der Waals surface area contributed by atoms with Gasteiger partial charge >= 0.3 is 6.18 Å². The number of anilines is 3. The number of hydrogen-bond donors (Lipinski definition) is 0. The maximum Gasteiger partial charge on any atom is 0.416 e. The van der Waals surface area contributed by atoms with Crippen LogP contribution in [0.25, 0.3) is 16.7 Å². The number of benzene rings is 4. The van der Waals surface area contributed by atoms with Gasteiger partial charge in [-0.15, -0.1) is 0 Å². The van der Waals surface area contributed by atoms with Gasteiger partial charge in [-0.1, -0.05) is 79.7 Å². The second-order valence-electron chi connectivity index (χ2n) is 9.26. The molecule has 1 aliphatic rings. The van der Waals surface area contributed by atoms with Crippen LogP contribution in [0.15, 0.2) is 121 Å². The molecule has 0 N–H and O–H groups in total. The molecule has 186 valence electrons. The zero-order chi connectivity index (χ0) is 25.8. The number of rotatable bonds is 6. The molecule has 0 saturated carbocycles. The van der Waals surface area contributed by atoms with E-state index in [4.69, 9.17) is 0 Å². The topological polar surface area (TPSA) is 3.24 Å². The van der Waals surface area contributed by atoms with Crippen molar-refractivity contribution in [3.63, 3.8) is 0 Å². The molecule has 1 nitrogen and oxygen atoms in total. The molecule has 0 fully saturated rings. The Bertz CT molecular complexity index is 1380. The lowest BCUT2D eigenvalue weighted by atomic mass is 9.91. The minimum absolute atomic E-state index is 0.594. The first-order valence-corrected chi connectivity index (χ1v) is 12.5. The van der Waals surface area contributed by atoms with E-state index in [0.29, 0.717) is 11.6 Å². The minimum atomic E-state index is -4.37. The molecule has 0 bridgehead atoms. The highest BCUT2D eigenvalue weighted by molar-refractivity contribution is 5.81. The summed E-state index contributed by atoms with van der Waals surface area (Å²) in [4.78, 5) is 1.98. The number of nitrogens with zero attached hydrogens (tertiary/aromatic N) is 1. The molecule has 0 aliphatic heterocycles. The SMILES string of the molecule is CCC1C=CC(c2ccc(N(c3ccc(-c4ccccc4)cc3)c3ccc(C(F)(F)F)cc3)cc2)=CC1. The third-order valence-electron chi connectivity index (χ3n) is 6.86. The van der Waals surface area contributed by atoms with Crippen LogP contribution in [0, 0.1) is 5.92 Å². The standard InChI is InChI=1S/C33H28F3N/c1-2-24-8-10-26(11-9-24)28-14-20-31(21-15-28)37(32-22-16-29(17-23-32)33(34,35)36)30-18-12-27(13-19-30)25-6-4-3-5-7-25/h3-8,10-24H,2,9H2,1H3. The van der Waals surface area contributed by atoms with E-state index in [-0.39, 0.29) is 0 Å². The Balaban J connectivity index is 1.50. The second kappa shape index (κ2) is 10.5. The average Bonchev–Trinajstić information content (AvgIpc) is 2.94. The van der Waals surface area contributed by atoms with Crippen LogP contribution in [0.5, 0.6) is 0 Å². The predicted octanol–water partition coefficient (Wildman–Crippen LogP) is 10.2. The quantitative estimate of drug-likeness (QED) is 0.257. The van der Waals surface area contributed by atoms with Gasteiger partial charge in [-0.2, -0.15) is 13.2 Å². The fourth-order valence-electron chi connectivity index (χ4n) is 4.66. The van der Waals surface area contributed by atoms with Crippen molar-refractivity contribution in [1.82, 2.24) is 0 Å². The normalized spacial score (nSPS) is 15.4. The summed E-state index contributed by atoms with van der Waals surface area (Å²) in [5, 5.41) is 0. The lowest BCUT2D eigenvalue weighted by Gasteiger charge is -2.26. The van der Waals surface area contributed by atoms with E-state index in [1.807, 2.05) is 59.5 Å². The van der Waals surface area contributed by atoms with Crippen molar-refractivity contribution in [2.75, 3.05) is 4.90 Å². The highest BCUT2D eigenvalue weighted by Gasteiger charge is 2.30. The molecule has 1 aliphatic carbocycles. The first kappa shape index (κ1) is 24.6. The molecule has 4 aromatic rings. The molecule has 4 aromatic carbocycles. The van der Waals surface area contributed by atoms with Gasteiger partial charge in [0.2, 0.25) is 0 Å². The Morgan fingerprint density at radius 1 is 0.676 bits per heavy atom. The van der Waals surface area contributed by atoms with Crippen LogP contribution in [-0.2, 0) is 6.18 Å². The Hall–Kier alpha value is -4.05. The fraction of sp³-hybridized carbons (Fsp3) is 0.152. The summed E-state index contributed by atoms with van der Waals surface area (Å²) in [5.41, 5.74) is 6.26. The van der Waals surface area contributed by atoms with Gasteiger partial charge in [0.25, 0.3) is 0 Å². The molecular weight excluding hydrogens is 467 g/mol. The first-order chi connectivity index (χ1) is 17.9. The summed E-state index contributed by atoms with van der Waals surface area (Å²) < 4.78 is 39.6. The van der Waals surface area contributed by atoms with Crippen molar-refractivity contribution in [2.24, 2.45) is 5.92 Å². The van der Waals surface area contributed by atoms with Crippen molar-refractivity contribution in [1.29, 1.82) is 0 Å². The number of alkyl halides is 3. The molecule has 0 aromatic heterocycles. The van der Waals surface area contributed by atoms with Gasteiger partial charge in [-0.05, 0) is 89.6 Å². The number of halogens is 3. The molecular formula is C33H28F3N. The molecule has 0 spiro atoms. The van der Waals surface area contributed by atoms with Crippen molar-refractivity contribution in [3.8, 4) is 11.1 Å². The van der Waals surface area contributed by atoms with Gasteiger partial charge < -0.3 is 4.90 Å². The molecule has 4 heteroatoms. The summed E-state index contributed by atoms with van der Waals surface area (Å²) >= 11 is 0. The number of allylic oxidation sites excluding steroid dienone is 4. The third-order valence-corrected chi connectivity index (χ3v) is 6.86. The molecule has 0 saturated heterocycles. The van der Waals surface area contributed by atoms with Crippen LogP contribution >= 0.6 is 0 Å². The molecule has 1 atom stereocenters. The lowest BCUT2D eigenvalue weighted by molar-refractivity contribution is -0.137. The zero-order valence-corrected chi connectivity index (χ0v) is 20.6. The van der Waals surface area contributed by atoms with Gasteiger partial charge in [0, 0.05) is 17.1 Å².